The van der Waals surface area contributed by atoms with Crippen molar-refractivity contribution in [3.05, 3.63) is 35.1 Å². The number of aryl methyl sites for hydroxylation is 1. The maximum absolute atomic E-state index is 5.63. The molecule has 1 N–H and O–H groups in total. The second-order valence-corrected chi connectivity index (χ2v) is 9.39. The topological polar surface area (TPSA) is 54.0 Å². The van der Waals surface area contributed by atoms with Crippen LogP contribution >= 0.6 is 11.3 Å². The van der Waals surface area contributed by atoms with Gasteiger partial charge >= 0.3 is 0 Å². The average molecular weight is 397 g/mol. The fraction of sp³-hybridized carbons (Fsp3) is 0.545. The van der Waals surface area contributed by atoms with Crippen LogP contribution in [0.25, 0.3) is 21.6 Å². The number of nitrogens with one attached hydrogen (secondary N) is 1. The fourth-order valence-electron chi connectivity index (χ4n) is 4.80. The lowest BCUT2D eigenvalue weighted by Crippen LogP contribution is -2.39. The number of aromatic amines is 1. The van der Waals surface area contributed by atoms with Crippen LogP contribution in [0.15, 0.2) is 24.7 Å². The Balaban J connectivity index is 1.33. The molecule has 0 unspecified atom stereocenters. The van der Waals surface area contributed by atoms with Crippen LogP contribution in [0.5, 0.6) is 0 Å². The minimum absolute atomic E-state index is 0.622. The molecule has 2 aliphatic rings. The smallest absolute Gasteiger partial charge is 0.137 e. The van der Waals surface area contributed by atoms with E-state index >= 15 is 0 Å². The Hall–Kier alpha value is -1.76. The number of H-pyrrole nitrogens is 1. The highest BCUT2D eigenvalue weighted by Crippen LogP contribution is 2.37. The Morgan fingerprint density at radius 1 is 1.11 bits per heavy atom. The number of nitrogens with zero attached hydrogens (tertiary/aromatic N) is 3. The van der Waals surface area contributed by atoms with Gasteiger partial charge in [0.1, 0.15) is 10.7 Å². The van der Waals surface area contributed by atoms with E-state index in [4.69, 9.17) is 9.72 Å². The van der Waals surface area contributed by atoms with Crippen LogP contribution in [-0.2, 0) is 4.74 Å². The summed E-state index contributed by atoms with van der Waals surface area (Å²) in [5.41, 5.74) is 3.53. The predicted octanol–water partition coefficient (Wildman–Crippen LogP) is 4.74. The van der Waals surface area contributed by atoms with Crippen molar-refractivity contribution in [2.45, 2.75) is 51.0 Å². The maximum atomic E-state index is 5.63. The van der Waals surface area contributed by atoms with Crippen LogP contribution < -0.4 is 0 Å². The third-order valence-electron chi connectivity index (χ3n) is 6.35. The van der Waals surface area contributed by atoms with Gasteiger partial charge in [-0.05, 0) is 56.6 Å². The van der Waals surface area contributed by atoms with E-state index < -0.39 is 0 Å². The van der Waals surface area contributed by atoms with Crippen LogP contribution in [0.2, 0.25) is 0 Å². The molecule has 1 saturated carbocycles. The molecular formula is C22H28N4OS. The van der Waals surface area contributed by atoms with E-state index in [1.54, 1.807) is 11.3 Å². The summed E-state index contributed by atoms with van der Waals surface area (Å²) in [7, 11) is 0. The van der Waals surface area contributed by atoms with Gasteiger partial charge in [0.05, 0.1) is 6.61 Å². The summed E-state index contributed by atoms with van der Waals surface area (Å²) in [5, 5.41) is 2.29. The van der Waals surface area contributed by atoms with Gasteiger partial charge < -0.3 is 9.72 Å². The van der Waals surface area contributed by atoms with Crippen LogP contribution in [0.3, 0.4) is 0 Å². The van der Waals surface area contributed by atoms with Gasteiger partial charge in [-0.2, -0.15) is 0 Å². The zero-order valence-electron chi connectivity index (χ0n) is 16.5. The monoisotopic (exact) mass is 396 g/mol. The van der Waals surface area contributed by atoms with Crippen molar-refractivity contribution in [1.82, 2.24) is 19.9 Å². The normalized spacial score (nSPS) is 24.5. The first-order valence-electron chi connectivity index (χ1n) is 10.5. The number of pyridine rings is 1. The molecule has 0 bridgehead atoms. The van der Waals surface area contributed by atoms with Gasteiger partial charge in [0, 0.05) is 60.2 Å². The van der Waals surface area contributed by atoms with Crippen molar-refractivity contribution in [2.75, 3.05) is 26.3 Å². The van der Waals surface area contributed by atoms with Gasteiger partial charge in [-0.25, -0.2) is 9.97 Å². The number of rotatable bonds is 3. The summed E-state index contributed by atoms with van der Waals surface area (Å²) in [5.74, 6) is 0.622. The summed E-state index contributed by atoms with van der Waals surface area (Å²) in [4.78, 5) is 16.5. The lowest BCUT2D eigenvalue weighted by atomic mass is 9.81. The molecule has 148 valence electrons. The molecule has 5 nitrogen and oxygen atoms in total. The first kappa shape index (κ1) is 18.3. The number of hydrogen-bond donors (Lipinski definition) is 1. The molecule has 0 atom stereocenters. The molecule has 1 saturated heterocycles. The average Bonchev–Trinajstić information content (AvgIpc) is 3.24. The third-order valence-corrected chi connectivity index (χ3v) is 7.29. The molecule has 4 heterocycles. The quantitative estimate of drug-likeness (QED) is 0.694. The molecule has 28 heavy (non-hydrogen) atoms. The summed E-state index contributed by atoms with van der Waals surface area (Å²) in [6.07, 6.45) is 12.3. The van der Waals surface area contributed by atoms with Crippen molar-refractivity contribution >= 4 is 22.4 Å². The van der Waals surface area contributed by atoms with Gasteiger partial charge in [0.15, 0.2) is 0 Å². The van der Waals surface area contributed by atoms with Crippen LogP contribution in [0.1, 0.15) is 48.5 Å². The first-order valence-corrected chi connectivity index (χ1v) is 11.3. The Morgan fingerprint density at radius 3 is 2.82 bits per heavy atom. The highest BCUT2D eigenvalue weighted by atomic mass is 32.1. The third kappa shape index (κ3) is 3.61. The molecule has 3 aromatic rings. The number of thiazole rings is 1. The second-order valence-electron chi connectivity index (χ2n) is 8.15. The van der Waals surface area contributed by atoms with Crippen molar-refractivity contribution in [2.24, 2.45) is 0 Å². The summed E-state index contributed by atoms with van der Waals surface area (Å²) < 4.78 is 5.63. The van der Waals surface area contributed by atoms with Gasteiger partial charge in [0.2, 0.25) is 0 Å². The Morgan fingerprint density at radius 2 is 2.00 bits per heavy atom. The van der Waals surface area contributed by atoms with E-state index in [1.165, 1.54) is 60.0 Å². The van der Waals surface area contributed by atoms with Gasteiger partial charge in [0.25, 0.3) is 0 Å². The van der Waals surface area contributed by atoms with E-state index in [-0.39, 0.29) is 0 Å². The minimum Gasteiger partial charge on any atom is -0.380 e. The van der Waals surface area contributed by atoms with Crippen LogP contribution in [-0.4, -0.2) is 52.2 Å². The van der Waals surface area contributed by atoms with E-state index in [2.05, 4.69) is 40.3 Å². The highest BCUT2D eigenvalue weighted by Gasteiger charge is 2.27. The lowest BCUT2D eigenvalue weighted by molar-refractivity contribution is 0.118. The molecule has 2 fully saturated rings. The number of fused-ring (bicyclic) bond motifs is 1. The summed E-state index contributed by atoms with van der Waals surface area (Å²) in [6, 6.07) is 3.09. The van der Waals surface area contributed by atoms with Crippen LogP contribution in [0.4, 0.5) is 0 Å². The van der Waals surface area contributed by atoms with Gasteiger partial charge in [-0.3, -0.25) is 4.90 Å². The number of ether oxygens (including phenoxy) is 1. The molecule has 1 aliphatic heterocycles. The lowest BCUT2D eigenvalue weighted by Gasteiger charge is -2.36. The Kier molecular flexibility index (Phi) is 5.18. The molecule has 0 amide bonds. The summed E-state index contributed by atoms with van der Waals surface area (Å²) >= 11 is 1.74. The molecule has 0 aromatic carbocycles. The summed E-state index contributed by atoms with van der Waals surface area (Å²) in [6.45, 7) is 6.22. The molecule has 6 heteroatoms. The Bertz CT molecular complexity index is 933. The van der Waals surface area contributed by atoms with E-state index in [9.17, 15) is 0 Å². The van der Waals surface area contributed by atoms with Gasteiger partial charge in [-0.15, -0.1) is 11.3 Å². The highest BCUT2D eigenvalue weighted by molar-refractivity contribution is 7.15. The molecule has 1 aliphatic carbocycles. The predicted molar refractivity (Wildman–Crippen MR) is 114 cm³/mol. The molecule has 0 radical (unpaired) electrons. The Labute approximate surface area is 170 Å². The van der Waals surface area contributed by atoms with E-state index in [1.807, 2.05) is 6.20 Å². The molecule has 5 rings (SSSR count). The largest absolute Gasteiger partial charge is 0.380 e. The first-order chi connectivity index (χ1) is 13.8. The van der Waals surface area contributed by atoms with E-state index in [0.717, 1.165) is 36.5 Å². The van der Waals surface area contributed by atoms with Crippen molar-refractivity contribution in [3.63, 3.8) is 0 Å². The maximum Gasteiger partial charge on any atom is 0.137 e. The zero-order valence-corrected chi connectivity index (χ0v) is 17.3. The molecule has 0 spiro atoms. The van der Waals surface area contributed by atoms with Gasteiger partial charge in [-0.1, -0.05) is 0 Å². The number of hydrogen-bond acceptors (Lipinski definition) is 5. The molecular weight excluding hydrogens is 368 g/mol. The van der Waals surface area contributed by atoms with E-state index in [0.29, 0.717) is 5.92 Å². The van der Waals surface area contributed by atoms with Crippen molar-refractivity contribution in [3.8, 4) is 10.6 Å². The SMILES string of the molecule is Cc1cnc(-c2c[nH]c3ncc(C4CCC(N5CCCOCC5)CC4)cc23)s1. The van der Waals surface area contributed by atoms with Crippen molar-refractivity contribution < 1.29 is 4.74 Å². The van der Waals surface area contributed by atoms with Crippen LogP contribution in [0, 0.1) is 6.92 Å². The fourth-order valence-corrected chi connectivity index (χ4v) is 5.60. The van der Waals surface area contributed by atoms with Crippen molar-refractivity contribution in [1.29, 1.82) is 0 Å². The standard InChI is InChI=1S/C22H28N4OS/c1-15-12-25-22(28-15)20-14-24-21-19(20)11-17(13-23-21)16-3-5-18(6-4-16)26-7-2-9-27-10-8-26/h11-14,16,18H,2-10H2,1H3,(H,23,24). The zero-order chi connectivity index (χ0) is 18.9. The number of aromatic nitrogens is 3. The second kappa shape index (κ2) is 7.93. The molecule has 3 aromatic heterocycles. The minimum atomic E-state index is 0.622.